The largest absolute Gasteiger partial charge is 0.472 e. The van der Waals surface area contributed by atoms with Crippen molar-refractivity contribution < 1.29 is 4.42 Å². The summed E-state index contributed by atoms with van der Waals surface area (Å²) in [5.74, 6) is 0. The standard InChI is InChI=1S/C13H14ClNO/c14-13-3-1-11(2-4-13)5-7-15-9-12-6-8-16-10-12/h1-4,6,8,10,15H,5,7,9H2. The molecule has 0 aliphatic heterocycles. The second-order valence-electron chi connectivity index (χ2n) is 3.68. The summed E-state index contributed by atoms with van der Waals surface area (Å²) in [5, 5.41) is 4.15. The second kappa shape index (κ2) is 5.73. The topological polar surface area (TPSA) is 25.2 Å². The van der Waals surface area contributed by atoms with Crippen LogP contribution in [-0.4, -0.2) is 6.54 Å². The fraction of sp³-hybridized carbons (Fsp3) is 0.231. The van der Waals surface area contributed by atoms with E-state index in [0.717, 1.165) is 24.5 Å². The lowest BCUT2D eigenvalue weighted by Gasteiger charge is -2.03. The Bertz CT molecular complexity index is 408. The molecule has 1 aromatic carbocycles. The van der Waals surface area contributed by atoms with Crippen LogP contribution in [0.2, 0.25) is 5.02 Å². The maximum absolute atomic E-state index is 5.81. The number of rotatable bonds is 5. The molecule has 2 rings (SSSR count). The first-order chi connectivity index (χ1) is 7.84. The van der Waals surface area contributed by atoms with Gasteiger partial charge in [0.15, 0.2) is 0 Å². The zero-order valence-electron chi connectivity index (χ0n) is 8.95. The highest BCUT2D eigenvalue weighted by atomic mass is 35.5. The number of nitrogens with one attached hydrogen (secondary N) is 1. The molecule has 0 atom stereocenters. The SMILES string of the molecule is Clc1ccc(CCNCc2ccoc2)cc1. The number of hydrogen-bond acceptors (Lipinski definition) is 2. The van der Waals surface area contributed by atoms with E-state index < -0.39 is 0 Å². The number of hydrogen-bond donors (Lipinski definition) is 1. The van der Waals surface area contributed by atoms with Crippen LogP contribution in [-0.2, 0) is 13.0 Å². The van der Waals surface area contributed by atoms with Crippen LogP contribution in [0.15, 0.2) is 47.3 Å². The van der Waals surface area contributed by atoms with Gasteiger partial charge >= 0.3 is 0 Å². The molecule has 1 N–H and O–H groups in total. The Labute approximate surface area is 100 Å². The Morgan fingerprint density at radius 3 is 2.56 bits per heavy atom. The van der Waals surface area contributed by atoms with Gasteiger partial charge in [0.2, 0.25) is 0 Å². The molecule has 16 heavy (non-hydrogen) atoms. The van der Waals surface area contributed by atoms with Gasteiger partial charge < -0.3 is 9.73 Å². The van der Waals surface area contributed by atoms with Crippen LogP contribution < -0.4 is 5.32 Å². The Kier molecular flexibility index (Phi) is 4.03. The highest BCUT2D eigenvalue weighted by Gasteiger charge is 1.95. The molecule has 0 fully saturated rings. The second-order valence-corrected chi connectivity index (χ2v) is 4.12. The minimum atomic E-state index is 0.787. The monoisotopic (exact) mass is 235 g/mol. The van der Waals surface area contributed by atoms with E-state index in [9.17, 15) is 0 Å². The van der Waals surface area contributed by atoms with Gasteiger partial charge in [-0.2, -0.15) is 0 Å². The Hall–Kier alpha value is -1.25. The molecular formula is C13H14ClNO. The smallest absolute Gasteiger partial charge is 0.0947 e. The fourth-order valence-electron chi connectivity index (χ4n) is 1.51. The molecule has 0 saturated carbocycles. The highest BCUT2D eigenvalue weighted by molar-refractivity contribution is 6.30. The van der Waals surface area contributed by atoms with Gasteiger partial charge in [-0.1, -0.05) is 23.7 Å². The van der Waals surface area contributed by atoms with Crippen molar-refractivity contribution in [2.75, 3.05) is 6.54 Å². The zero-order chi connectivity index (χ0) is 11.2. The molecule has 3 heteroatoms. The van der Waals surface area contributed by atoms with Gasteiger partial charge in [0, 0.05) is 17.1 Å². The van der Waals surface area contributed by atoms with Gasteiger partial charge in [-0.15, -0.1) is 0 Å². The first kappa shape index (κ1) is 11.2. The Morgan fingerprint density at radius 2 is 1.88 bits per heavy atom. The lowest BCUT2D eigenvalue weighted by molar-refractivity contribution is 0.560. The van der Waals surface area contributed by atoms with Crippen LogP contribution in [0.4, 0.5) is 0 Å². The van der Waals surface area contributed by atoms with E-state index in [1.54, 1.807) is 12.5 Å². The van der Waals surface area contributed by atoms with E-state index in [1.807, 2.05) is 18.2 Å². The van der Waals surface area contributed by atoms with Gasteiger partial charge in [-0.25, -0.2) is 0 Å². The molecule has 84 valence electrons. The molecule has 0 bridgehead atoms. The van der Waals surface area contributed by atoms with Crippen molar-refractivity contribution in [2.24, 2.45) is 0 Å². The van der Waals surface area contributed by atoms with Crippen LogP contribution in [0.3, 0.4) is 0 Å². The Morgan fingerprint density at radius 1 is 1.06 bits per heavy atom. The van der Waals surface area contributed by atoms with Gasteiger partial charge in [-0.05, 0) is 36.7 Å². The number of benzene rings is 1. The molecule has 0 radical (unpaired) electrons. The average Bonchev–Trinajstić information content (AvgIpc) is 2.80. The van der Waals surface area contributed by atoms with E-state index >= 15 is 0 Å². The minimum Gasteiger partial charge on any atom is -0.472 e. The van der Waals surface area contributed by atoms with Crippen LogP contribution in [0.5, 0.6) is 0 Å². The highest BCUT2D eigenvalue weighted by Crippen LogP contribution is 2.09. The van der Waals surface area contributed by atoms with E-state index in [0.29, 0.717) is 0 Å². The minimum absolute atomic E-state index is 0.787. The zero-order valence-corrected chi connectivity index (χ0v) is 9.70. The lowest BCUT2D eigenvalue weighted by Crippen LogP contribution is -2.16. The molecule has 2 nitrogen and oxygen atoms in total. The maximum atomic E-state index is 5.81. The molecular weight excluding hydrogens is 222 g/mol. The van der Waals surface area contributed by atoms with Gasteiger partial charge in [0.25, 0.3) is 0 Å². The van der Waals surface area contributed by atoms with Crippen molar-refractivity contribution in [2.45, 2.75) is 13.0 Å². The third-order valence-electron chi connectivity index (χ3n) is 2.41. The normalized spacial score (nSPS) is 10.6. The third kappa shape index (κ3) is 3.40. The summed E-state index contributed by atoms with van der Waals surface area (Å²) < 4.78 is 4.99. The fourth-order valence-corrected chi connectivity index (χ4v) is 1.64. The summed E-state index contributed by atoms with van der Waals surface area (Å²) in [6, 6.07) is 9.93. The first-order valence-corrected chi connectivity index (χ1v) is 5.68. The van der Waals surface area contributed by atoms with Gasteiger partial charge in [0.05, 0.1) is 12.5 Å². The summed E-state index contributed by atoms with van der Waals surface area (Å²) in [7, 11) is 0. The summed E-state index contributed by atoms with van der Waals surface area (Å²) in [6.45, 7) is 1.80. The van der Waals surface area contributed by atoms with Crippen molar-refractivity contribution in [3.8, 4) is 0 Å². The molecule has 0 unspecified atom stereocenters. The van der Waals surface area contributed by atoms with Gasteiger partial charge in [0.1, 0.15) is 0 Å². The van der Waals surface area contributed by atoms with Crippen molar-refractivity contribution >= 4 is 11.6 Å². The molecule has 0 amide bonds. The van der Waals surface area contributed by atoms with E-state index in [-0.39, 0.29) is 0 Å². The predicted octanol–water partition coefficient (Wildman–Crippen LogP) is 3.27. The molecule has 2 aromatic rings. The van der Waals surface area contributed by atoms with E-state index in [1.165, 1.54) is 11.1 Å². The van der Waals surface area contributed by atoms with Gasteiger partial charge in [-0.3, -0.25) is 0 Å². The van der Waals surface area contributed by atoms with E-state index in [4.69, 9.17) is 16.0 Å². The molecule has 1 heterocycles. The molecule has 0 aliphatic rings. The number of halogens is 1. The molecule has 0 aliphatic carbocycles. The van der Waals surface area contributed by atoms with Crippen LogP contribution in [0, 0.1) is 0 Å². The summed E-state index contributed by atoms with van der Waals surface area (Å²) in [5.41, 5.74) is 2.47. The summed E-state index contributed by atoms with van der Waals surface area (Å²) in [6.07, 6.45) is 4.46. The number of furan rings is 1. The van der Waals surface area contributed by atoms with Crippen LogP contribution in [0.1, 0.15) is 11.1 Å². The van der Waals surface area contributed by atoms with Crippen molar-refractivity contribution in [1.82, 2.24) is 5.32 Å². The lowest BCUT2D eigenvalue weighted by atomic mass is 10.1. The van der Waals surface area contributed by atoms with E-state index in [2.05, 4.69) is 17.4 Å². The third-order valence-corrected chi connectivity index (χ3v) is 2.66. The first-order valence-electron chi connectivity index (χ1n) is 5.31. The summed E-state index contributed by atoms with van der Waals surface area (Å²) in [4.78, 5) is 0. The van der Waals surface area contributed by atoms with Crippen LogP contribution >= 0.6 is 11.6 Å². The average molecular weight is 236 g/mol. The predicted molar refractivity (Wildman–Crippen MR) is 65.6 cm³/mol. The van der Waals surface area contributed by atoms with Crippen molar-refractivity contribution in [1.29, 1.82) is 0 Å². The Balaban J connectivity index is 1.70. The molecule has 0 saturated heterocycles. The van der Waals surface area contributed by atoms with Crippen molar-refractivity contribution in [3.05, 3.63) is 59.0 Å². The molecule has 1 aromatic heterocycles. The quantitative estimate of drug-likeness (QED) is 0.805. The van der Waals surface area contributed by atoms with Crippen LogP contribution in [0.25, 0.3) is 0 Å². The van der Waals surface area contributed by atoms with Crippen molar-refractivity contribution in [3.63, 3.8) is 0 Å². The molecule has 0 spiro atoms. The summed E-state index contributed by atoms with van der Waals surface area (Å²) >= 11 is 5.81. The maximum Gasteiger partial charge on any atom is 0.0947 e.